The lowest BCUT2D eigenvalue weighted by atomic mass is 9.95. The van der Waals surface area contributed by atoms with Gasteiger partial charge in [0.25, 0.3) is 0 Å². The van der Waals surface area contributed by atoms with Gasteiger partial charge in [-0.1, -0.05) is 90.6 Å². The normalized spacial score (nSPS) is 19.0. The van der Waals surface area contributed by atoms with Gasteiger partial charge >= 0.3 is 0 Å². The summed E-state index contributed by atoms with van der Waals surface area (Å²) in [6.45, 7) is 0. The molecule has 0 saturated carbocycles. The first-order valence-corrected chi connectivity index (χ1v) is 10.7. The largest absolute Gasteiger partial charge is 0.356 e. The van der Waals surface area contributed by atoms with E-state index in [0.29, 0.717) is 0 Å². The fourth-order valence-electron chi connectivity index (χ4n) is 3.13. The van der Waals surface area contributed by atoms with Crippen LogP contribution in [0.1, 0.15) is 28.8 Å². The maximum absolute atomic E-state index is 5.03. The standard InChI is InChI=1S/C22H19IN2S/c23-19-14-8-7-13-18(19)15-26-22-24-20(16-9-3-1-4-10-16)21(25-22)17-11-5-2-6-12-17/h1-14,20-21H,15H2,(H,24,25). The number of nitrogens with one attached hydrogen (secondary N) is 1. The Morgan fingerprint density at radius 1 is 0.808 bits per heavy atom. The highest BCUT2D eigenvalue weighted by molar-refractivity contribution is 14.1. The lowest BCUT2D eigenvalue weighted by Crippen LogP contribution is -2.22. The van der Waals surface area contributed by atoms with Crippen LogP contribution in [-0.2, 0) is 5.75 Å². The van der Waals surface area contributed by atoms with Crippen molar-refractivity contribution in [3.63, 3.8) is 0 Å². The molecule has 0 saturated heterocycles. The fourth-order valence-corrected chi connectivity index (χ4v) is 4.91. The van der Waals surface area contributed by atoms with Crippen LogP contribution in [0.15, 0.2) is 89.9 Å². The number of benzene rings is 3. The average molecular weight is 470 g/mol. The highest BCUT2D eigenvalue weighted by Gasteiger charge is 2.31. The Kier molecular flexibility index (Phi) is 5.60. The second-order valence-electron chi connectivity index (χ2n) is 6.20. The number of hydrogen-bond acceptors (Lipinski definition) is 3. The molecule has 2 unspecified atom stereocenters. The lowest BCUT2D eigenvalue weighted by molar-refractivity contribution is 0.573. The third kappa shape index (κ3) is 3.96. The summed E-state index contributed by atoms with van der Waals surface area (Å²) < 4.78 is 1.30. The minimum atomic E-state index is 0.107. The molecular weight excluding hydrogens is 451 g/mol. The maximum Gasteiger partial charge on any atom is 0.158 e. The maximum atomic E-state index is 5.03. The zero-order valence-corrected chi connectivity index (χ0v) is 17.2. The van der Waals surface area contributed by atoms with E-state index in [2.05, 4.69) is 113 Å². The van der Waals surface area contributed by atoms with Crippen LogP contribution < -0.4 is 5.32 Å². The van der Waals surface area contributed by atoms with Crippen molar-refractivity contribution < 1.29 is 0 Å². The zero-order valence-electron chi connectivity index (χ0n) is 14.2. The SMILES string of the molecule is Ic1ccccc1CSC1=NC(c2ccccc2)C(c2ccccc2)N1. The predicted molar refractivity (Wildman–Crippen MR) is 119 cm³/mol. The smallest absolute Gasteiger partial charge is 0.158 e. The second-order valence-corrected chi connectivity index (χ2v) is 8.33. The van der Waals surface area contributed by atoms with Gasteiger partial charge in [0, 0.05) is 9.32 Å². The van der Waals surface area contributed by atoms with Crippen molar-refractivity contribution in [3.05, 3.63) is 105 Å². The van der Waals surface area contributed by atoms with Crippen molar-refractivity contribution >= 4 is 39.5 Å². The highest BCUT2D eigenvalue weighted by Crippen LogP contribution is 2.38. The zero-order chi connectivity index (χ0) is 17.8. The molecule has 1 N–H and O–H groups in total. The van der Waals surface area contributed by atoms with Crippen molar-refractivity contribution in [3.8, 4) is 0 Å². The van der Waals surface area contributed by atoms with Gasteiger partial charge in [0.1, 0.15) is 6.04 Å². The minimum absolute atomic E-state index is 0.107. The molecule has 0 spiro atoms. The quantitative estimate of drug-likeness (QED) is 0.476. The molecule has 1 aliphatic heterocycles. The molecule has 0 fully saturated rings. The van der Waals surface area contributed by atoms with E-state index >= 15 is 0 Å². The van der Waals surface area contributed by atoms with Gasteiger partial charge in [-0.15, -0.1) is 0 Å². The first-order valence-electron chi connectivity index (χ1n) is 8.62. The minimum Gasteiger partial charge on any atom is -0.356 e. The van der Waals surface area contributed by atoms with Gasteiger partial charge < -0.3 is 5.32 Å². The molecule has 130 valence electrons. The van der Waals surface area contributed by atoms with Crippen molar-refractivity contribution in [2.75, 3.05) is 0 Å². The Morgan fingerprint density at radius 3 is 2.12 bits per heavy atom. The van der Waals surface area contributed by atoms with E-state index in [1.165, 1.54) is 20.3 Å². The van der Waals surface area contributed by atoms with Gasteiger partial charge in [-0.05, 0) is 45.3 Å². The van der Waals surface area contributed by atoms with Gasteiger partial charge in [-0.3, -0.25) is 4.99 Å². The average Bonchev–Trinajstić information content (AvgIpc) is 3.13. The molecule has 26 heavy (non-hydrogen) atoms. The fraction of sp³-hybridized carbons (Fsp3) is 0.136. The number of rotatable bonds is 4. The summed E-state index contributed by atoms with van der Waals surface area (Å²) in [5, 5.41) is 4.68. The molecule has 0 amide bonds. The van der Waals surface area contributed by atoms with Crippen LogP contribution >= 0.6 is 34.4 Å². The van der Waals surface area contributed by atoms with Crippen LogP contribution in [0.5, 0.6) is 0 Å². The number of halogens is 1. The van der Waals surface area contributed by atoms with Gasteiger partial charge in [0.05, 0.1) is 6.04 Å². The van der Waals surface area contributed by atoms with Crippen molar-refractivity contribution in [1.29, 1.82) is 0 Å². The van der Waals surface area contributed by atoms with Gasteiger partial charge in [0.2, 0.25) is 0 Å². The second kappa shape index (κ2) is 8.27. The van der Waals surface area contributed by atoms with E-state index < -0.39 is 0 Å². The van der Waals surface area contributed by atoms with Gasteiger partial charge in [-0.25, -0.2) is 0 Å². The first kappa shape index (κ1) is 17.6. The summed E-state index contributed by atoms with van der Waals surface area (Å²) >= 11 is 4.18. The van der Waals surface area contributed by atoms with Gasteiger partial charge in [0.15, 0.2) is 5.17 Å². The van der Waals surface area contributed by atoms with Gasteiger partial charge in [-0.2, -0.15) is 0 Å². The third-order valence-electron chi connectivity index (χ3n) is 4.47. The van der Waals surface area contributed by atoms with Crippen LogP contribution in [0.25, 0.3) is 0 Å². The Balaban J connectivity index is 1.57. The van der Waals surface area contributed by atoms with E-state index in [9.17, 15) is 0 Å². The molecule has 1 heterocycles. The molecule has 3 aromatic carbocycles. The molecule has 2 nitrogen and oxygen atoms in total. The number of nitrogens with zero attached hydrogens (tertiary/aromatic N) is 1. The van der Waals surface area contributed by atoms with Crippen LogP contribution in [0, 0.1) is 3.57 Å². The van der Waals surface area contributed by atoms with E-state index in [4.69, 9.17) is 4.99 Å². The van der Waals surface area contributed by atoms with Crippen molar-refractivity contribution in [2.24, 2.45) is 4.99 Å². The molecule has 4 heteroatoms. The Hall–Kier alpha value is -1.79. The molecule has 0 aliphatic carbocycles. The molecule has 1 aliphatic rings. The predicted octanol–water partition coefficient (Wildman–Crippen LogP) is 5.97. The molecule has 0 aromatic heterocycles. The molecule has 0 bridgehead atoms. The van der Waals surface area contributed by atoms with Crippen LogP contribution in [0.2, 0.25) is 0 Å². The molecule has 0 radical (unpaired) electrons. The Labute approximate surface area is 172 Å². The van der Waals surface area contributed by atoms with E-state index in [1.807, 2.05) is 0 Å². The topological polar surface area (TPSA) is 24.4 Å². The van der Waals surface area contributed by atoms with Crippen LogP contribution in [-0.4, -0.2) is 5.17 Å². The third-order valence-corrected chi connectivity index (χ3v) is 6.48. The van der Waals surface area contributed by atoms with Crippen molar-refractivity contribution in [2.45, 2.75) is 17.8 Å². The Bertz CT molecular complexity index is 896. The summed E-state index contributed by atoms with van der Waals surface area (Å²) in [6, 6.07) is 30.0. The van der Waals surface area contributed by atoms with Crippen LogP contribution in [0.3, 0.4) is 0 Å². The molecule has 3 aromatic rings. The number of hydrogen-bond donors (Lipinski definition) is 1. The van der Waals surface area contributed by atoms with Crippen LogP contribution in [0.4, 0.5) is 0 Å². The summed E-state index contributed by atoms with van der Waals surface area (Å²) in [6.07, 6.45) is 0. The van der Waals surface area contributed by atoms with Crippen molar-refractivity contribution in [1.82, 2.24) is 5.32 Å². The van der Waals surface area contributed by atoms with E-state index in [1.54, 1.807) is 11.8 Å². The number of aliphatic imine (C=N–C) groups is 1. The summed E-state index contributed by atoms with van der Waals surface area (Å²) in [5.74, 6) is 0.925. The first-order chi connectivity index (χ1) is 12.8. The Morgan fingerprint density at radius 2 is 1.42 bits per heavy atom. The lowest BCUT2D eigenvalue weighted by Gasteiger charge is -2.19. The molecule has 2 atom stereocenters. The van der Waals surface area contributed by atoms with E-state index in [0.717, 1.165) is 10.9 Å². The summed E-state index contributed by atoms with van der Waals surface area (Å²) in [7, 11) is 0. The van der Waals surface area contributed by atoms with E-state index in [-0.39, 0.29) is 12.1 Å². The summed E-state index contributed by atoms with van der Waals surface area (Å²) in [4.78, 5) is 5.03. The highest BCUT2D eigenvalue weighted by atomic mass is 127. The monoisotopic (exact) mass is 470 g/mol. The number of amidine groups is 1. The molecular formula is C22H19IN2S. The number of thioether (sulfide) groups is 1. The molecule has 4 rings (SSSR count). The summed E-state index contributed by atoms with van der Waals surface area (Å²) in [5.41, 5.74) is 3.87.